The fourth-order valence-electron chi connectivity index (χ4n) is 1.45. The molecular formula is C11H13FN2O. The molecule has 0 aliphatic carbocycles. The number of benzene rings is 1. The summed E-state index contributed by atoms with van der Waals surface area (Å²) in [5, 5.41) is 7.30. The zero-order valence-electron chi connectivity index (χ0n) is 8.59. The highest BCUT2D eigenvalue weighted by molar-refractivity contribution is 5.88. The summed E-state index contributed by atoms with van der Waals surface area (Å²) in [7, 11) is 0. The first-order chi connectivity index (χ1) is 7.33. The van der Waals surface area contributed by atoms with Gasteiger partial charge in [-0.15, -0.1) is 0 Å². The number of anilines is 1. The van der Waals surface area contributed by atoms with Gasteiger partial charge in [0.25, 0.3) is 0 Å². The second kappa shape index (κ2) is 4.29. The lowest BCUT2D eigenvalue weighted by Gasteiger charge is -2.00. The Kier molecular flexibility index (Phi) is 2.85. The highest BCUT2D eigenvalue weighted by Crippen LogP contribution is 2.25. The smallest absolute Gasteiger partial charge is 0.180 e. The van der Waals surface area contributed by atoms with E-state index in [0.29, 0.717) is 16.8 Å². The molecule has 0 spiro atoms. The van der Waals surface area contributed by atoms with Crippen LogP contribution in [-0.2, 0) is 0 Å². The standard InChI is InChI=1S/C11H13FN2O/c1-2-3-7-13-11-10-8(12)5-4-6-9(10)15-14-11/h4-6H,2-3,7H2,1H3,(H,13,14). The summed E-state index contributed by atoms with van der Waals surface area (Å²) < 4.78 is 18.5. The fraction of sp³-hybridized carbons (Fsp3) is 0.364. The Morgan fingerprint density at radius 1 is 1.47 bits per heavy atom. The molecule has 1 aromatic carbocycles. The Labute approximate surface area is 87.3 Å². The summed E-state index contributed by atoms with van der Waals surface area (Å²) in [6.07, 6.45) is 2.12. The van der Waals surface area contributed by atoms with E-state index < -0.39 is 0 Å². The van der Waals surface area contributed by atoms with E-state index in [1.165, 1.54) is 6.07 Å². The SMILES string of the molecule is CCCCNc1noc2cccc(F)c12. The molecule has 0 aliphatic rings. The third-order valence-electron chi connectivity index (χ3n) is 2.27. The van der Waals surface area contributed by atoms with Gasteiger partial charge in [-0.25, -0.2) is 4.39 Å². The maximum atomic E-state index is 13.4. The summed E-state index contributed by atoms with van der Waals surface area (Å²) in [5.74, 6) is 0.198. The molecule has 0 bridgehead atoms. The number of hydrogen-bond donors (Lipinski definition) is 1. The Morgan fingerprint density at radius 3 is 3.13 bits per heavy atom. The zero-order chi connectivity index (χ0) is 10.7. The molecule has 2 rings (SSSR count). The molecule has 0 saturated carbocycles. The van der Waals surface area contributed by atoms with Gasteiger partial charge in [-0.1, -0.05) is 24.6 Å². The van der Waals surface area contributed by atoms with Crippen molar-refractivity contribution in [2.24, 2.45) is 0 Å². The topological polar surface area (TPSA) is 38.1 Å². The lowest BCUT2D eigenvalue weighted by molar-refractivity contribution is 0.459. The van der Waals surface area contributed by atoms with Crippen molar-refractivity contribution in [1.29, 1.82) is 0 Å². The molecule has 0 unspecified atom stereocenters. The van der Waals surface area contributed by atoms with Gasteiger partial charge in [0, 0.05) is 6.54 Å². The maximum Gasteiger partial charge on any atom is 0.180 e. The number of rotatable bonds is 4. The first-order valence-electron chi connectivity index (χ1n) is 5.10. The molecule has 0 fully saturated rings. The summed E-state index contributed by atoms with van der Waals surface area (Å²) in [5.41, 5.74) is 0.481. The van der Waals surface area contributed by atoms with E-state index in [2.05, 4.69) is 17.4 Å². The minimum Gasteiger partial charge on any atom is -0.367 e. The predicted molar refractivity (Wildman–Crippen MR) is 57.4 cm³/mol. The van der Waals surface area contributed by atoms with E-state index in [4.69, 9.17) is 4.52 Å². The predicted octanol–water partition coefficient (Wildman–Crippen LogP) is 3.18. The minimum absolute atomic E-state index is 0.298. The lowest BCUT2D eigenvalue weighted by atomic mass is 10.2. The van der Waals surface area contributed by atoms with Crippen LogP contribution in [0.4, 0.5) is 10.2 Å². The summed E-state index contributed by atoms with van der Waals surface area (Å²) >= 11 is 0. The van der Waals surface area contributed by atoms with Crippen LogP contribution in [0, 0.1) is 5.82 Å². The Hall–Kier alpha value is -1.58. The summed E-state index contributed by atoms with van der Waals surface area (Å²) in [4.78, 5) is 0. The second-order valence-electron chi connectivity index (χ2n) is 3.42. The molecule has 0 radical (unpaired) electrons. The first kappa shape index (κ1) is 9.96. The van der Waals surface area contributed by atoms with E-state index in [-0.39, 0.29) is 5.82 Å². The number of aromatic nitrogens is 1. The summed E-state index contributed by atoms with van der Waals surface area (Å²) in [6, 6.07) is 4.72. The number of halogens is 1. The normalized spacial score (nSPS) is 10.8. The van der Waals surface area contributed by atoms with Crippen molar-refractivity contribution in [2.75, 3.05) is 11.9 Å². The van der Waals surface area contributed by atoms with Crippen molar-refractivity contribution >= 4 is 16.8 Å². The van der Waals surface area contributed by atoms with E-state index >= 15 is 0 Å². The van der Waals surface area contributed by atoms with E-state index in [1.54, 1.807) is 12.1 Å². The number of nitrogens with one attached hydrogen (secondary N) is 1. The van der Waals surface area contributed by atoms with Crippen molar-refractivity contribution < 1.29 is 8.91 Å². The molecule has 15 heavy (non-hydrogen) atoms. The quantitative estimate of drug-likeness (QED) is 0.784. The van der Waals surface area contributed by atoms with E-state index in [0.717, 1.165) is 19.4 Å². The van der Waals surface area contributed by atoms with Crippen LogP contribution in [-0.4, -0.2) is 11.7 Å². The van der Waals surface area contributed by atoms with Crippen LogP contribution in [0.5, 0.6) is 0 Å². The van der Waals surface area contributed by atoms with Crippen LogP contribution < -0.4 is 5.32 Å². The highest BCUT2D eigenvalue weighted by Gasteiger charge is 2.11. The average molecular weight is 208 g/mol. The van der Waals surface area contributed by atoms with Crippen molar-refractivity contribution in [3.63, 3.8) is 0 Å². The molecule has 4 heteroatoms. The van der Waals surface area contributed by atoms with Crippen LogP contribution in [0.2, 0.25) is 0 Å². The average Bonchev–Trinajstić information content (AvgIpc) is 2.63. The van der Waals surface area contributed by atoms with Gasteiger partial charge < -0.3 is 9.84 Å². The molecule has 0 atom stereocenters. The number of unbranched alkanes of at least 4 members (excludes halogenated alkanes) is 1. The van der Waals surface area contributed by atoms with E-state index in [1.807, 2.05) is 0 Å². The third kappa shape index (κ3) is 1.93. The van der Waals surface area contributed by atoms with Crippen molar-refractivity contribution in [3.8, 4) is 0 Å². The van der Waals surface area contributed by atoms with Crippen LogP contribution in [0.3, 0.4) is 0 Å². The van der Waals surface area contributed by atoms with Crippen LogP contribution in [0.25, 0.3) is 11.0 Å². The fourth-order valence-corrected chi connectivity index (χ4v) is 1.45. The van der Waals surface area contributed by atoms with Crippen molar-refractivity contribution in [3.05, 3.63) is 24.0 Å². The molecular weight excluding hydrogens is 195 g/mol. The third-order valence-corrected chi connectivity index (χ3v) is 2.27. The molecule has 80 valence electrons. The number of hydrogen-bond acceptors (Lipinski definition) is 3. The maximum absolute atomic E-state index is 13.4. The second-order valence-corrected chi connectivity index (χ2v) is 3.42. The molecule has 1 N–H and O–H groups in total. The van der Waals surface area contributed by atoms with Gasteiger partial charge in [0.1, 0.15) is 11.2 Å². The molecule has 0 saturated heterocycles. The Bertz CT molecular complexity index is 453. The van der Waals surface area contributed by atoms with Gasteiger partial charge >= 0.3 is 0 Å². The molecule has 1 heterocycles. The van der Waals surface area contributed by atoms with Gasteiger partial charge in [-0.05, 0) is 18.6 Å². The molecule has 0 aliphatic heterocycles. The van der Waals surface area contributed by atoms with Crippen molar-refractivity contribution in [1.82, 2.24) is 5.16 Å². The summed E-state index contributed by atoms with van der Waals surface area (Å²) in [6.45, 7) is 2.88. The molecule has 0 amide bonds. The van der Waals surface area contributed by atoms with Gasteiger partial charge in [-0.2, -0.15) is 0 Å². The van der Waals surface area contributed by atoms with Gasteiger partial charge in [0.15, 0.2) is 11.4 Å². The molecule has 1 aromatic heterocycles. The van der Waals surface area contributed by atoms with Crippen molar-refractivity contribution in [2.45, 2.75) is 19.8 Å². The van der Waals surface area contributed by atoms with Crippen LogP contribution in [0.15, 0.2) is 22.7 Å². The first-order valence-corrected chi connectivity index (χ1v) is 5.10. The highest BCUT2D eigenvalue weighted by atomic mass is 19.1. The number of nitrogens with zero attached hydrogens (tertiary/aromatic N) is 1. The van der Waals surface area contributed by atoms with Gasteiger partial charge in [0.2, 0.25) is 0 Å². The molecule has 2 aromatic rings. The van der Waals surface area contributed by atoms with Gasteiger partial charge in [-0.3, -0.25) is 0 Å². The van der Waals surface area contributed by atoms with E-state index in [9.17, 15) is 4.39 Å². The van der Waals surface area contributed by atoms with Gasteiger partial charge in [0.05, 0.1) is 0 Å². The minimum atomic E-state index is -0.298. The molecule has 3 nitrogen and oxygen atoms in total. The lowest BCUT2D eigenvalue weighted by Crippen LogP contribution is -2.01. The zero-order valence-corrected chi connectivity index (χ0v) is 8.59. The monoisotopic (exact) mass is 208 g/mol. The Balaban J connectivity index is 2.27. The largest absolute Gasteiger partial charge is 0.367 e. The van der Waals surface area contributed by atoms with Crippen LogP contribution >= 0.6 is 0 Å². The van der Waals surface area contributed by atoms with Crippen LogP contribution in [0.1, 0.15) is 19.8 Å². The Morgan fingerprint density at radius 2 is 2.33 bits per heavy atom. The number of fused-ring (bicyclic) bond motifs is 1.